The molecule has 2 aromatic rings. The number of nitrogens with zero attached hydrogens (tertiary/aromatic N) is 5. The van der Waals surface area contributed by atoms with Gasteiger partial charge < -0.3 is 38.5 Å². The minimum Gasteiger partial charge on any atom is -0.443 e. The Morgan fingerprint density at radius 2 is 1.80 bits per heavy atom. The largest absolute Gasteiger partial charge is 0.443 e. The quantitative estimate of drug-likeness (QED) is 0.295. The average Bonchev–Trinajstić information content (AvgIpc) is 3.68. The molecule has 2 aliphatic heterocycles. The summed E-state index contributed by atoms with van der Waals surface area (Å²) in [6, 6.07) is -0.130. The SMILES string of the molecule is CC(C)(C)OC(=O)N(c1nc(Cl)nc2c1cnn2[C@@H]1O[C@H](COC(CO)(CO)P(C)(C)=O)[C@H]2OC(C)(C)O[C@H]21)C1CCCC1. The lowest BCUT2D eigenvalue weighted by atomic mass is 10.1. The number of rotatable bonds is 9. The van der Waals surface area contributed by atoms with E-state index in [9.17, 15) is 19.6 Å². The predicted octanol–water partition coefficient (Wildman–Crippen LogP) is 3.90. The van der Waals surface area contributed by atoms with Crippen molar-refractivity contribution in [3.8, 4) is 0 Å². The number of ether oxygens (including phenoxy) is 5. The summed E-state index contributed by atoms with van der Waals surface area (Å²) in [6.07, 6.45) is 1.65. The van der Waals surface area contributed by atoms with E-state index in [1.807, 2.05) is 20.8 Å². The van der Waals surface area contributed by atoms with Crippen LogP contribution in [-0.2, 0) is 28.2 Å². The molecule has 0 radical (unpaired) electrons. The van der Waals surface area contributed by atoms with Crippen molar-refractivity contribution in [3.05, 3.63) is 11.5 Å². The van der Waals surface area contributed by atoms with Gasteiger partial charge in [0.25, 0.3) is 0 Å². The molecule has 1 saturated carbocycles. The van der Waals surface area contributed by atoms with Crippen molar-refractivity contribution in [2.75, 3.05) is 38.1 Å². The fourth-order valence-corrected chi connectivity index (χ4v) is 7.23. The number of aromatic nitrogens is 4. The molecule has 0 aromatic carbocycles. The number of carbonyl (C=O) groups is 1. The van der Waals surface area contributed by atoms with Gasteiger partial charge >= 0.3 is 6.09 Å². The Bertz CT molecular complexity index is 1420. The monoisotopic (exact) mass is 659 g/mol. The van der Waals surface area contributed by atoms with Gasteiger partial charge in [-0.3, -0.25) is 4.90 Å². The molecule has 2 saturated heterocycles. The van der Waals surface area contributed by atoms with Crippen LogP contribution in [0.2, 0.25) is 5.28 Å². The molecule has 0 bridgehead atoms. The summed E-state index contributed by atoms with van der Waals surface area (Å²) in [6.45, 7) is 10.4. The molecule has 16 heteroatoms. The van der Waals surface area contributed by atoms with Crippen molar-refractivity contribution >= 4 is 41.7 Å². The average molecular weight is 660 g/mol. The zero-order valence-electron chi connectivity index (χ0n) is 26.2. The zero-order chi connectivity index (χ0) is 32.2. The molecule has 1 amide bonds. The molecule has 4 atom stereocenters. The van der Waals surface area contributed by atoms with E-state index < -0.39 is 67.7 Å². The van der Waals surface area contributed by atoms with E-state index >= 15 is 0 Å². The summed E-state index contributed by atoms with van der Waals surface area (Å²) >= 11 is 6.48. The summed E-state index contributed by atoms with van der Waals surface area (Å²) < 4.78 is 45.0. The molecule has 0 spiro atoms. The van der Waals surface area contributed by atoms with E-state index in [2.05, 4.69) is 15.1 Å². The van der Waals surface area contributed by atoms with Crippen molar-refractivity contribution in [3.63, 3.8) is 0 Å². The van der Waals surface area contributed by atoms with E-state index in [-0.39, 0.29) is 17.9 Å². The van der Waals surface area contributed by atoms with Crippen LogP contribution in [0.25, 0.3) is 11.0 Å². The fraction of sp³-hybridized carbons (Fsp3) is 0.786. The van der Waals surface area contributed by atoms with E-state index in [0.717, 1.165) is 25.7 Å². The number of amides is 1. The maximum absolute atomic E-state index is 13.5. The highest BCUT2D eigenvalue weighted by atomic mass is 35.5. The van der Waals surface area contributed by atoms with E-state index in [1.165, 1.54) is 18.0 Å². The second kappa shape index (κ2) is 12.0. The van der Waals surface area contributed by atoms with Crippen LogP contribution in [0.4, 0.5) is 10.6 Å². The molecule has 1 aliphatic carbocycles. The van der Waals surface area contributed by atoms with Crippen LogP contribution in [0.5, 0.6) is 0 Å². The van der Waals surface area contributed by atoms with E-state index in [1.54, 1.807) is 24.9 Å². The third-order valence-electron chi connectivity index (χ3n) is 8.27. The highest BCUT2D eigenvalue weighted by Crippen LogP contribution is 2.52. The predicted molar refractivity (Wildman–Crippen MR) is 161 cm³/mol. The molecule has 4 heterocycles. The van der Waals surface area contributed by atoms with E-state index in [0.29, 0.717) is 16.9 Å². The normalized spacial score (nSPS) is 26.0. The van der Waals surface area contributed by atoms with Crippen LogP contribution in [0.15, 0.2) is 6.20 Å². The van der Waals surface area contributed by atoms with Crippen LogP contribution < -0.4 is 4.90 Å². The van der Waals surface area contributed by atoms with Crippen molar-refractivity contribution in [1.29, 1.82) is 0 Å². The molecule has 2 aromatic heterocycles. The highest BCUT2D eigenvalue weighted by molar-refractivity contribution is 7.63. The molecule has 3 aliphatic rings. The first-order valence-corrected chi connectivity index (χ1v) is 17.8. The second-order valence-electron chi connectivity index (χ2n) is 13.5. The molecular formula is C28H43ClN5O9P. The van der Waals surface area contributed by atoms with Crippen LogP contribution in [0, 0.1) is 0 Å². The first kappa shape index (κ1) is 33.5. The van der Waals surface area contributed by atoms with Gasteiger partial charge in [-0.05, 0) is 72.4 Å². The summed E-state index contributed by atoms with van der Waals surface area (Å²) in [5.74, 6) is -0.676. The molecule has 44 heavy (non-hydrogen) atoms. The van der Waals surface area contributed by atoms with Gasteiger partial charge in [-0.1, -0.05) is 12.8 Å². The van der Waals surface area contributed by atoms with Gasteiger partial charge in [-0.2, -0.15) is 15.1 Å². The molecule has 2 N–H and O–H groups in total. The van der Waals surface area contributed by atoms with E-state index in [4.69, 9.17) is 35.3 Å². The van der Waals surface area contributed by atoms with Gasteiger partial charge in [0.15, 0.2) is 28.8 Å². The molecule has 5 rings (SSSR count). The van der Waals surface area contributed by atoms with Gasteiger partial charge in [0.2, 0.25) is 5.28 Å². The lowest BCUT2D eigenvalue weighted by Gasteiger charge is -2.35. The van der Waals surface area contributed by atoms with Gasteiger partial charge in [0.05, 0.1) is 31.4 Å². The van der Waals surface area contributed by atoms with Crippen LogP contribution in [-0.4, -0.2) is 110 Å². The Hall–Kier alpha value is -1.90. The number of hydrogen-bond donors (Lipinski definition) is 2. The number of anilines is 1. The van der Waals surface area contributed by atoms with Gasteiger partial charge in [-0.25, -0.2) is 9.48 Å². The summed E-state index contributed by atoms with van der Waals surface area (Å²) in [5.41, 5.74) is -0.408. The van der Waals surface area contributed by atoms with Crippen molar-refractivity contribution in [1.82, 2.24) is 19.7 Å². The number of carbonyl (C=O) groups excluding carboxylic acids is 1. The first-order valence-electron chi connectivity index (χ1n) is 14.8. The maximum atomic E-state index is 13.5. The van der Waals surface area contributed by atoms with Crippen molar-refractivity contribution in [2.45, 2.75) is 108 Å². The van der Waals surface area contributed by atoms with Crippen molar-refractivity contribution in [2.24, 2.45) is 0 Å². The Morgan fingerprint density at radius 1 is 1.16 bits per heavy atom. The minimum atomic E-state index is -3.11. The van der Waals surface area contributed by atoms with Crippen LogP contribution in [0.3, 0.4) is 0 Å². The number of aliphatic hydroxyl groups excluding tert-OH is 2. The highest BCUT2D eigenvalue weighted by Gasteiger charge is 2.57. The molecule has 3 fully saturated rings. The lowest BCUT2D eigenvalue weighted by molar-refractivity contribution is -0.207. The smallest absolute Gasteiger partial charge is 0.416 e. The third kappa shape index (κ3) is 6.37. The Labute approximate surface area is 261 Å². The Morgan fingerprint density at radius 3 is 2.39 bits per heavy atom. The maximum Gasteiger partial charge on any atom is 0.416 e. The molecule has 0 unspecified atom stereocenters. The first-order chi connectivity index (χ1) is 20.5. The standard InChI is InChI=1S/C28H43ClN5O9P/c1-26(2,3)43-25(37)33(16-10-8-9-11-16)21-17-12-30-34(22(17)32-24(29)31-21)23-20-19(41-27(4,5)42-20)18(40-23)13-39-28(14-35,15-36)44(6,7)38/h12,16,18-20,23,35-36H,8-11,13-15H2,1-7H3/t18-,19-,20-,23-/m1/s1. The van der Waals surface area contributed by atoms with Crippen molar-refractivity contribution < 1.29 is 43.3 Å². The van der Waals surface area contributed by atoms with Gasteiger partial charge in [0.1, 0.15) is 31.1 Å². The third-order valence-corrected chi connectivity index (χ3v) is 10.8. The lowest BCUT2D eigenvalue weighted by Crippen LogP contribution is -2.44. The molecular weight excluding hydrogens is 617 g/mol. The van der Waals surface area contributed by atoms with Gasteiger partial charge in [0, 0.05) is 6.04 Å². The summed E-state index contributed by atoms with van der Waals surface area (Å²) in [5, 5.41) is 23.4. The number of fused-ring (bicyclic) bond motifs is 2. The van der Waals surface area contributed by atoms with Gasteiger partial charge in [-0.15, -0.1) is 0 Å². The fourth-order valence-electron chi connectivity index (χ4n) is 6.00. The Kier molecular flexibility index (Phi) is 9.15. The zero-order valence-corrected chi connectivity index (χ0v) is 27.9. The number of hydrogen-bond acceptors (Lipinski definition) is 12. The van der Waals surface area contributed by atoms with Crippen LogP contribution >= 0.6 is 18.7 Å². The summed E-state index contributed by atoms with van der Waals surface area (Å²) in [4.78, 5) is 24.0. The Balaban J connectivity index is 1.51. The summed E-state index contributed by atoms with van der Waals surface area (Å²) in [7, 11) is -3.11. The number of aliphatic hydroxyl groups is 2. The van der Waals surface area contributed by atoms with Crippen LogP contribution in [0.1, 0.15) is 66.5 Å². The second-order valence-corrected chi connectivity index (χ2v) is 17.3. The molecule has 14 nitrogen and oxygen atoms in total. The topological polar surface area (TPSA) is 168 Å². The molecule has 246 valence electrons. The number of halogens is 1. The minimum absolute atomic E-state index is 0.0866.